The summed E-state index contributed by atoms with van der Waals surface area (Å²) in [6.07, 6.45) is 3.21. The lowest BCUT2D eigenvalue weighted by Crippen LogP contribution is -2.34. The number of allylic oxidation sites excluding steroid dienone is 1. The van der Waals surface area contributed by atoms with Crippen LogP contribution in [0.25, 0.3) is 0 Å². The lowest BCUT2D eigenvalue weighted by atomic mass is 9.89. The molecule has 0 heterocycles. The minimum atomic E-state index is -1.37. The highest BCUT2D eigenvalue weighted by atomic mass is 16.5. The van der Waals surface area contributed by atoms with Crippen LogP contribution >= 0.6 is 0 Å². The Bertz CT molecular complexity index is 393. The maximum atomic E-state index is 11.9. The number of ketones is 1. The molecule has 1 aliphatic rings. The lowest BCUT2D eigenvalue weighted by molar-refractivity contribution is -0.129. The molecule has 19 heavy (non-hydrogen) atoms. The molecule has 5 nitrogen and oxygen atoms in total. The SMILES string of the molecule is CC1=CC(C(=O)C(C)(C)O)=CCC1OCC(O)CN. The zero-order valence-electron chi connectivity index (χ0n) is 11.7. The van der Waals surface area contributed by atoms with Crippen molar-refractivity contribution in [2.24, 2.45) is 5.73 Å². The summed E-state index contributed by atoms with van der Waals surface area (Å²) in [4.78, 5) is 11.9. The molecule has 0 amide bonds. The number of carbonyl (C=O) groups is 1. The zero-order chi connectivity index (χ0) is 14.6. The Labute approximate surface area is 113 Å². The van der Waals surface area contributed by atoms with Gasteiger partial charge in [0.05, 0.1) is 18.8 Å². The van der Waals surface area contributed by atoms with Gasteiger partial charge in [0.25, 0.3) is 0 Å². The molecule has 2 unspecified atom stereocenters. The summed E-state index contributed by atoms with van der Waals surface area (Å²) in [7, 11) is 0. The average molecular weight is 269 g/mol. The highest BCUT2D eigenvalue weighted by molar-refractivity contribution is 6.03. The van der Waals surface area contributed by atoms with Crippen LogP contribution in [0.15, 0.2) is 23.3 Å². The van der Waals surface area contributed by atoms with Gasteiger partial charge in [-0.05, 0) is 32.8 Å². The molecule has 0 saturated heterocycles. The third-order valence-corrected chi connectivity index (χ3v) is 3.02. The van der Waals surface area contributed by atoms with Crippen LogP contribution in [0.3, 0.4) is 0 Å². The van der Waals surface area contributed by atoms with Crippen molar-refractivity contribution in [1.29, 1.82) is 0 Å². The van der Waals surface area contributed by atoms with E-state index in [1.54, 1.807) is 12.2 Å². The third kappa shape index (κ3) is 4.54. The van der Waals surface area contributed by atoms with Gasteiger partial charge in [0.15, 0.2) is 5.78 Å². The molecule has 0 aromatic rings. The predicted molar refractivity (Wildman–Crippen MR) is 72.6 cm³/mol. The number of aliphatic hydroxyl groups is 2. The van der Waals surface area contributed by atoms with Crippen molar-refractivity contribution >= 4 is 5.78 Å². The fourth-order valence-corrected chi connectivity index (χ4v) is 1.82. The van der Waals surface area contributed by atoms with Gasteiger partial charge in [0.1, 0.15) is 5.60 Å². The Hall–Kier alpha value is -1.01. The third-order valence-electron chi connectivity index (χ3n) is 3.02. The van der Waals surface area contributed by atoms with Gasteiger partial charge >= 0.3 is 0 Å². The van der Waals surface area contributed by atoms with Crippen molar-refractivity contribution in [1.82, 2.24) is 0 Å². The topological polar surface area (TPSA) is 92.8 Å². The molecular weight excluding hydrogens is 246 g/mol. The molecule has 4 N–H and O–H groups in total. The Morgan fingerprint density at radius 3 is 2.74 bits per heavy atom. The van der Waals surface area contributed by atoms with Gasteiger partial charge in [-0.2, -0.15) is 0 Å². The van der Waals surface area contributed by atoms with Crippen LogP contribution in [0.2, 0.25) is 0 Å². The van der Waals surface area contributed by atoms with Crippen LogP contribution in [0.5, 0.6) is 0 Å². The van der Waals surface area contributed by atoms with Crippen molar-refractivity contribution in [3.8, 4) is 0 Å². The van der Waals surface area contributed by atoms with Crippen LogP contribution in [-0.2, 0) is 9.53 Å². The van der Waals surface area contributed by atoms with E-state index >= 15 is 0 Å². The quantitative estimate of drug-likeness (QED) is 0.645. The van der Waals surface area contributed by atoms with Gasteiger partial charge in [-0.1, -0.05) is 12.2 Å². The maximum Gasteiger partial charge on any atom is 0.193 e. The minimum absolute atomic E-state index is 0.153. The highest BCUT2D eigenvalue weighted by Gasteiger charge is 2.28. The number of hydrogen-bond donors (Lipinski definition) is 3. The first-order valence-electron chi connectivity index (χ1n) is 6.41. The summed E-state index contributed by atoms with van der Waals surface area (Å²) >= 11 is 0. The first-order chi connectivity index (χ1) is 8.75. The van der Waals surface area contributed by atoms with Gasteiger partial charge in [-0.15, -0.1) is 0 Å². The second kappa shape index (κ2) is 6.43. The Kier molecular flexibility index (Phi) is 5.43. The second-order valence-electron chi connectivity index (χ2n) is 5.38. The van der Waals surface area contributed by atoms with Crippen molar-refractivity contribution in [2.75, 3.05) is 13.2 Å². The molecule has 108 valence electrons. The molecule has 0 aliphatic heterocycles. The summed E-state index contributed by atoms with van der Waals surface area (Å²) in [5.74, 6) is -0.299. The van der Waals surface area contributed by atoms with E-state index in [0.29, 0.717) is 12.0 Å². The van der Waals surface area contributed by atoms with E-state index in [1.807, 2.05) is 6.92 Å². The Morgan fingerprint density at radius 1 is 1.63 bits per heavy atom. The Morgan fingerprint density at radius 2 is 2.26 bits per heavy atom. The fraction of sp³-hybridized carbons (Fsp3) is 0.643. The normalized spacial score (nSPS) is 21.7. The molecule has 0 bridgehead atoms. The molecule has 1 rings (SSSR count). The van der Waals surface area contributed by atoms with Crippen molar-refractivity contribution in [2.45, 2.75) is 45.0 Å². The van der Waals surface area contributed by atoms with Crippen LogP contribution in [0.1, 0.15) is 27.2 Å². The van der Waals surface area contributed by atoms with Crippen molar-refractivity contribution in [3.63, 3.8) is 0 Å². The molecule has 0 fully saturated rings. The number of carbonyl (C=O) groups excluding carboxylic acids is 1. The van der Waals surface area contributed by atoms with Crippen LogP contribution in [0, 0.1) is 0 Å². The smallest absolute Gasteiger partial charge is 0.193 e. The summed E-state index contributed by atoms with van der Waals surface area (Å²) in [6.45, 7) is 5.14. The van der Waals surface area contributed by atoms with Crippen LogP contribution in [0.4, 0.5) is 0 Å². The molecule has 0 saturated carbocycles. The molecule has 0 aromatic heterocycles. The van der Waals surface area contributed by atoms with E-state index in [9.17, 15) is 15.0 Å². The number of ether oxygens (including phenoxy) is 1. The summed E-state index contributed by atoms with van der Waals surface area (Å²) in [6, 6.07) is 0. The number of Topliss-reactive ketones (excluding diaryl/α,β-unsaturated/α-hetero) is 1. The number of rotatable bonds is 6. The van der Waals surface area contributed by atoms with E-state index in [4.69, 9.17) is 10.5 Å². The zero-order valence-corrected chi connectivity index (χ0v) is 11.7. The maximum absolute atomic E-state index is 11.9. The average Bonchev–Trinajstić information content (AvgIpc) is 2.34. The van der Waals surface area contributed by atoms with Crippen LogP contribution in [-0.4, -0.2) is 47.0 Å². The molecule has 0 spiro atoms. The van der Waals surface area contributed by atoms with Gasteiger partial charge in [-0.3, -0.25) is 4.79 Å². The monoisotopic (exact) mass is 269 g/mol. The van der Waals surface area contributed by atoms with Crippen LogP contribution < -0.4 is 5.73 Å². The Balaban J connectivity index is 2.64. The minimum Gasteiger partial charge on any atom is -0.389 e. The first kappa shape index (κ1) is 16.0. The van der Waals surface area contributed by atoms with E-state index < -0.39 is 11.7 Å². The van der Waals surface area contributed by atoms with E-state index in [1.165, 1.54) is 13.8 Å². The predicted octanol–water partition coefficient (Wildman–Crippen LogP) is 0.308. The van der Waals surface area contributed by atoms with E-state index in [0.717, 1.165) is 5.57 Å². The number of hydrogen-bond acceptors (Lipinski definition) is 5. The highest BCUT2D eigenvalue weighted by Crippen LogP contribution is 2.24. The molecular formula is C14H23NO4. The van der Waals surface area contributed by atoms with Gasteiger partial charge in [0.2, 0.25) is 0 Å². The van der Waals surface area contributed by atoms with Gasteiger partial charge in [0, 0.05) is 12.1 Å². The summed E-state index contributed by atoms with van der Waals surface area (Å²) < 4.78 is 5.54. The molecule has 2 atom stereocenters. The number of aliphatic hydroxyl groups excluding tert-OH is 1. The standard InChI is InChI=1S/C14H23NO4/c1-9-6-10(13(17)14(2,3)18)4-5-12(9)19-8-11(16)7-15/h4,6,11-12,16,18H,5,7-8,15H2,1-3H3. The largest absolute Gasteiger partial charge is 0.389 e. The molecule has 0 aromatic carbocycles. The summed E-state index contributed by atoms with van der Waals surface area (Å²) in [5, 5.41) is 19.1. The van der Waals surface area contributed by atoms with E-state index in [2.05, 4.69) is 0 Å². The molecule has 0 radical (unpaired) electrons. The van der Waals surface area contributed by atoms with Crippen molar-refractivity contribution < 1.29 is 19.7 Å². The van der Waals surface area contributed by atoms with E-state index in [-0.39, 0.29) is 25.0 Å². The van der Waals surface area contributed by atoms with Gasteiger partial charge in [-0.25, -0.2) is 0 Å². The second-order valence-corrected chi connectivity index (χ2v) is 5.38. The summed E-state index contributed by atoms with van der Waals surface area (Å²) in [5.41, 5.74) is 5.34. The first-order valence-corrected chi connectivity index (χ1v) is 6.41. The molecule has 1 aliphatic carbocycles. The lowest BCUT2D eigenvalue weighted by Gasteiger charge is -2.24. The number of nitrogens with two attached hydrogens (primary N) is 1. The fourth-order valence-electron chi connectivity index (χ4n) is 1.82. The van der Waals surface area contributed by atoms with Crippen molar-refractivity contribution in [3.05, 3.63) is 23.3 Å². The molecule has 5 heteroatoms. The van der Waals surface area contributed by atoms with Gasteiger partial charge < -0.3 is 20.7 Å².